The van der Waals surface area contributed by atoms with Crippen molar-refractivity contribution in [3.63, 3.8) is 0 Å². The summed E-state index contributed by atoms with van der Waals surface area (Å²) in [4.78, 5) is 1.40. The Morgan fingerprint density at radius 2 is 1.57 bits per heavy atom. The van der Waals surface area contributed by atoms with Gasteiger partial charge in [-0.2, -0.15) is 0 Å². The molecular weight excluding hydrogens is 594 g/mol. The zero-order valence-corrected chi connectivity index (χ0v) is 22.9. The van der Waals surface area contributed by atoms with Gasteiger partial charge in [-0.25, -0.2) is 0 Å². The van der Waals surface area contributed by atoms with E-state index < -0.39 is 19.7 Å². The van der Waals surface area contributed by atoms with E-state index in [1.807, 2.05) is 11.8 Å². The van der Waals surface area contributed by atoms with E-state index >= 15 is 0 Å². The summed E-state index contributed by atoms with van der Waals surface area (Å²) in [5.74, 6) is 0. The second kappa shape index (κ2) is 8.89. The van der Waals surface area contributed by atoms with Gasteiger partial charge in [0.1, 0.15) is 0 Å². The summed E-state index contributed by atoms with van der Waals surface area (Å²) in [6, 6.07) is 24.4. The van der Waals surface area contributed by atoms with Crippen LogP contribution in [-0.2, 0) is 26.1 Å². The van der Waals surface area contributed by atoms with E-state index in [1.165, 1.54) is 50.4 Å². The molecule has 1 heterocycles. The van der Waals surface area contributed by atoms with E-state index in [0.29, 0.717) is 4.16 Å². The third-order valence-corrected chi connectivity index (χ3v) is 16.9. The molecule has 0 radical (unpaired) electrons. The van der Waals surface area contributed by atoms with Crippen molar-refractivity contribution in [3.05, 3.63) is 97.2 Å². The van der Waals surface area contributed by atoms with Crippen LogP contribution in [0.25, 0.3) is 22.8 Å². The second-order valence-electron chi connectivity index (χ2n) is 7.31. The van der Waals surface area contributed by atoms with Gasteiger partial charge in [0.25, 0.3) is 0 Å². The first kappa shape index (κ1) is 22.8. The first-order valence-electron chi connectivity index (χ1n) is 9.33. The van der Waals surface area contributed by atoms with Crippen molar-refractivity contribution in [2.75, 3.05) is 0 Å². The Morgan fingerprint density at radius 3 is 2.40 bits per heavy atom. The summed E-state index contributed by atoms with van der Waals surface area (Å²) in [5.41, 5.74) is 9.90. The van der Waals surface area contributed by atoms with Crippen molar-refractivity contribution in [2.24, 2.45) is 0 Å². The van der Waals surface area contributed by atoms with Gasteiger partial charge in [0, 0.05) is 0 Å². The molecule has 148 valence electrons. The summed E-state index contributed by atoms with van der Waals surface area (Å²) >= 11 is 3.47. The van der Waals surface area contributed by atoms with Crippen LogP contribution in [0, 0.1) is 0 Å². The number of allylic oxidation sites excluding steroid dienone is 1. The van der Waals surface area contributed by atoms with Crippen LogP contribution in [0.4, 0.5) is 0 Å². The van der Waals surface area contributed by atoms with Gasteiger partial charge in [0.05, 0.1) is 0 Å². The molecule has 0 nitrogen and oxygen atoms in total. The quantitative estimate of drug-likeness (QED) is 0.310. The molecule has 0 saturated carbocycles. The monoisotopic (exact) mass is 606 g/mol. The molecule has 6 heteroatoms. The van der Waals surface area contributed by atoms with Gasteiger partial charge in [-0.05, 0) is 0 Å². The van der Waals surface area contributed by atoms with Crippen molar-refractivity contribution in [2.45, 2.75) is 10.6 Å². The Kier molecular flexibility index (Phi) is 6.76. The van der Waals surface area contributed by atoms with Crippen molar-refractivity contribution >= 4 is 51.5 Å². The van der Waals surface area contributed by atoms with E-state index in [9.17, 15) is 0 Å². The van der Waals surface area contributed by atoms with Gasteiger partial charge >= 0.3 is 190 Å². The Labute approximate surface area is 212 Å². The SMILES string of the molecule is [Cl-].[Cl-].[S]=[Zr+2]([C]1=C2C(=Cc3ccccc32)SC1Br)[c]1cccc2c1Cc1ccccc1-2. The van der Waals surface area contributed by atoms with Gasteiger partial charge in [0.2, 0.25) is 0 Å². The fraction of sp³-hybridized carbons (Fsp3) is 0.0833. The molecule has 0 amide bonds. The molecular formula is C24H15BrCl2S2Zr. The van der Waals surface area contributed by atoms with E-state index in [1.54, 1.807) is 0 Å². The van der Waals surface area contributed by atoms with Crippen LogP contribution in [0.5, 0.6) is 0 Å². The molecule has 6 rings (SSSR count). The van der Waals surface area contributed by atoms with Crippen LogP contribution in [0.1, 0.15) is 22.3 Å². The molecule has 1 atom stereocenters. The molecule has 0 bridgehead atoms. The zero-order chi connectivity index (χ0) is 18.8. The summed E-state index contributed by atoms with van der Waals surface area (Å²) in [6.45, 7) is 0. The van der Waals surface area contributed by atoms with Crippen LogP contribution in [0.15, 0.2) is 74.9 Å². The summed E-state index contributed by atoms with van der Waals surface area (Å²) in [6.07, 6.45) is 3.37. The topological polar surface area (TPSA) is 0 Å². The Morgan fingerprint density at radius 1 is 0.867 bits per heavy atom. The molecule has 0 fully saturated rings. The van der Waals surface area contributed by atoms with Gasteiger partial charge in [0.15, 0.2) is 0 Å². The van der Waals surface area contributed by atoms with Crippen molar-refractivity contribution in [3.8, 4) is 11.1 Å². The van der Waals surface area contributed by atoms with Crippen LogP contribution in [-0.4, -0.2) is 4.16 Å². The van der Waals surface area contributed by atoms with Crippen molar-refractivity contribution in [1.29, 1.82) is 0 Å². The Hall–Kier alpha value is -0.347. The molecule has 1 unspecified atom stereocenters. The first-order chi connectivity index (χ1) is 13.7. The molecule has 3 aromatic carbocycles. The molecule has 1 aliphatic heterocycles. The summed E-state index contributed by atoms with van der Waals surface area (Å²) < 4.78 is 3.35. The minimum absolute atomic E-state index is 0. The van der Waals surface area contributed by atoms with Gasteiger partial charge in [-0.15, -0.1) is 0 Å². The summed E-state index contributed by atoms with van der Waals surface area (Å²) in [7, 11) is 6.41. The number of hydrogen-bond acceptors (Lipinski definition) is 2. The average molecular weight is 610 g/mol. The van der Waals surface area contributed by atoms with Gasteiger partial charge in [-0.1, -0.05) is 0 Å². The van der Waals surface area contributed by atoms with E-state index in [4.69, 9.17) is 8.86 Å². The van der Waals surface area contributed by atoms with Crippen molar-refractivity contribution in [1.82, 2.24) is 0 Å². The number of benzene rings is 3. The number of hydrogen-bond donors (Lipinski definition) is 0. The Balaban J connectivity index is 0.00000109. The van der Waals surface area contributed by atoms with Crippen molar-refractivity contribution < 1.29 is 44.5 Å². The molecule has 0 aromatic heterocycles. The maximum atomic E-state index is 6.41. The average Bonchev–Trinajstić information content (AvgIpc) is 3.36. The molecule has 0 N–H and O–H groups in total. The Bertz CT molecular complexity index is 1270. The molecule has 3 aromatic rings. The number of rotatable bonds is 2. The molecule has 30 heavy (non-hydrogen) atoms. The van der Waals surface area contributed by atoms with E-state index in [-0.39, 0.29) is 24.8 Å². The first-order valence-corrected chi connectivity index (χ1v) is 17.0. The van der Waals surface area contributed by atoms with Crippen LogP contribution in [0.3, 0.4) is 0 Å². The fourth-order valence-corrected chi connectivity index (χ4v) is 17.2. The third kappa shape index (κ3) is 3.43. The van der Waals surface area contributed by atoms with Crippen LogP contribution < -0.4 is 28.1 Å². The number of halogens is 3. The molecule has 2 aliphatic carbocycles. The van der Waals surface area contributed by atoms with Crippen LogP contribution in [0.2, 0.25) is 0 Å². The normalized spacial score (nSPS) is 16.9. The minimum atomic E-state index is -2.43. The number of alkyl halides is 1. The second-order valence-corrected chi connectivity index (χ2v) is 16.7. The van der Waals surface area contributed by atoms with Gasteiger partial charge < -0.3 is 24.8 Å². The van der Waals surface area contributed by atoms with Crippen LogP contribution >= 0.6 is 36.5 Å². The molecule has 0 spiro atoms. The third-order valence-electron chi connectivity index (χ3n) is 5.83. The van der Waals surface area contributed by atoms with E-state index in [0.717, 1.165) is 6.42 Å². The predicted molar refractivity (Wildman–Crippen MR) is 124 cm³/mol. The molecule has 3 aliphatic rings. The van der Waals surface area contributed by atoms with Gasteiger partial charge in [-0.3, -0.25) is 0 Å². The predicted octanol–water partition coefficient (Wildman–Crippen LogP) is 0.855. The maximum absolute atomic E-state index is 6.41. The zero-order valence-electron chi connectivity index (χ0n) is 15.7. The number of fused-ring (bicyclic) bond motifs is 6. The van der Waals surface area contributed by atoms with E-state index in [2.05, 4.69) is 88.7 Å². The fourth-order valence-electron chi connectivity index (χ4n) is 4.58. The molecule has 0 saturated heterocycles. The number of thioether (sulfide) groups is 1. The standard InChI is InChI=1S/C13H9.C11H6BrS.2ClH.S.Zr/c1-3-7-12-10(5-1)9-11-6-2-4-8-13(11)12;12-11-6-9-8-4-2-1-3-7(8)5-10(9)13-11;;;;/h1-5,7-8H,9H2;1-5,11H;2*1H;;/q;;;;;+2/p-2. The summed E-state index contributed by atoms with van der Waals surface area (Å²) in [5, 5.41) is 0.